The van der Waals surface area contributed by atoms with Gasteiger partial charge in [0.1, 0.15) is 0 Å². The van der Waals surface area contributed by atoms with Crippen molar-refractivity contribution in [1.29, 1.82) is 0 Å². The molecule has 0 saturated carbocycles. The van der Waals surface area contributed by atoms with Crippen molar-refractivity contribution in [2.75, 3.05) is 5.32 Å². The van der Waals surface area contributed by atoms with Crippen LogP contribution in [0.15, 0.2) is 48.5 Å². The van der Waals surface area contributed by atoms with Gasteiger partial charge in [0.05, 0.1) is 5.56 Å². The van der Waals surface area contributed by atoms with Crippen molar-refractivity contribution in [3.8, 4) is 0 Å². The fraction of sp³-hybridized carbons (Fsp3) is 0.143. The molecule has 2 rings (SSSR count). The molecule has 18 heavy (non-hydrogen) atoms. The molecule has 0 spiro atoms. The Morgan fingerprint density at radius 2 is 1.78 bits per heavy atom. The molecule has 1 N–H and O–H groups in total. The molecule has 0 amide bonds. The number of anilines is 1. The van der Waals surface area contributed by atoms with E-state index in [0.29, 0.717) is 12.2 Å². The van der Waals surface area contributed by atoms with Gasteiger partial charge in [-0.3, -0.25) is 0 Å². The van der Waals surface area contributed by atoms with E-state index in [-0.39, 0.29) is 0 Å². The van der Waals surface area contributed by atoms with Crippen molar-refractivity contribution in [3.05, 3.63) is 65.7 Å². The van der Waals surface area contributed by atoms with Crippen molar-refractivity contribution in [3.63, 3.8) is 0 Å². The SMILES string of the molecule is FC(F)(F)c1cc[c]c(NCc2ccccc2)c1. The molecule has 0 aliphatic heterocycles. The van der Waals surface area contributed by atoms with Crippen molar-refractivity contribution in [2.24, 2.45) is 0 Å². The molecule has 2 aromatic rings. The second kappa shape index (κ2) is 5.12. The molecule has 0 heterocycles. The summed E-state index contributed by atoms with van der Waals surface area (Å²) in [5, 5.41) is 2.92. The van der Waals surface area contributed by atoms with E-state index in [1.807, 2.05) is 30.3 Å². The van der Waals surface area contributed by atoms with Crippen molar-refractivity contribution >= 4 is 5.69 Å². The standard InChI is InChI=1S/C14H11F3N/c15-14(16,17)12-7-4-8-13(9-12)18-10-11-5-2-1-3-6-11/h1-7,9,18H,10H2. The average molecular weight is 250 g/mol. The zero-order valence-corrected chi connectivity index (χ0v) is 9.46. The van der Waals surface area contributed by atoms with Gasteiger partial charge in [0.2, 0.25) is 0 Å². The van der Waals surface area contributed by atoms with Crippen molar-refractivity contribution < 1.29 is 13.2 Å². The topological polar surface area (TPSA) is 12.0 Å². The molecule has 0 fully saturated rings. The van der Waals surface area contributed by atoms with E-state index in [4.69, 9.17) is 0 Å². The van der Waals surface area contributed by atoms with E-state index in [9.17, 15) is 13.2 Å². The monoisotopic (exact) mass is 250 g/mol. The first-order valence-electron chi connectivity index (χ1n) is 5.42. The molecule has 1 nitrogen and oxygen atoms in total. The van der Waals surface area contributed by atoms with E-state index < -0.39 is 11.7 Å². The van der Waals surface area contributed by atoms with E-state index in [1.54, 1.807) is 0 Å². The Labute approximate surface area is 103 Å². The highest BCUT2D eigenvalue weighted by Crippen LogP contribution is 2.30. The van der Waals surface area contributed by atoms with Crippen LogP contribution in [0.2, 0.25) is 0 Å². The maximum absolute atomic E-state index is 12.5. The Hall–Kier alpha value is -1.97. The number of rotatable bonds is 3. The van der Waals surface area contributed by atoms with Gasteiger partial charge in [-0.2, -0.15) is 13.2 Å². The van der Waals surface area contributed by atoms with Crippen LogP contribution in [0, 0.1) is 6.07 Å². The lowest BCUT2D eigenvalue weighted by atomic mass is 10.2. The molecule has 0 aliphatic rings. The highest BCUT2D eigenvalue weighted by molar-refractivity contribution is 5.45. The molecular weight excluding hydrogens is 239 g/mol. The zero-order valence-electron chi connectivity index (χ0n) is 9.46. The lowest BCUT2D eigenvalue weighted by Crippen LogP contribution is -2.06. The van der Waals surface area contributed by atoms with Crippen LogP contribution in [-0.4, -0.2) is 0 Å². The summed E-state index contributed by atoms with van der Waals surface area (Å²) in [7, 11) is 0. The summed E-state index contributed by atoms with van der Waals surface area (Å²) in [6, 6.07) is 15.5. The number of benzene rings is 2. The Morgan fingerprint density at radius 1 is 1.06 bits per heavy atom. The van der Waals surface area contributed by atoms with Crippen LogP contribution in [0.25, 0.3) is 0 Å². The first-order valence-corrected chi connectivity index (χ1v) is 5.42. The third kappa shape index (κ3) is 3.26. The van der Waals surface area contributed by atoms with Crippen LogP contribution in [0.3, 0.4) is 0 Å². The lowest BCUT2D eigenvalue weighted by molar-refractivity contribution is -0.137. The molecule has 2 aromatic carbocycles. The molecular formula is C14H11F3N. The fourth-order valence-corrected chi connectivity index (χ4v) is 1.54. The van der Waals surface area contributed by atoms with Gasteiger partial charge in [-0.15, -0.1) is 0 Å². The summed E-state index contributed by atoms with van der Waals surface area (Å²) >= 11 is 0. The van der Waals surface area contributed by atoms with Crippen molar-refractivity contribution in [2.45, 2.75) is 12.7 Å². The summed E-state index contributed by atoms with van der Waals surface area (Å²) in [5.74, 6) is 0. The molecule has 4 heteroatoms. The number of hydrogen-bond acceptors (Lipinski definition) is 1. The summed E-state index contributed by atoms with van der Waals surface area (Å²) in [5.41, 5.74) is 0.675. The Bertz CT molecular complexity index is 506. The number of alkyl halides is 3. The summed E-state index contributed by atoms with van der Waals surface area (Å²) < 4.78 is 37.5. The number of nitrogens with one attached hydrogen (secondary N) is 1. The molecule has 0 unspecified atom stereocenters. The van der Waals surface area contributed by atoms with Gasteiger partial charge in [-0.05, 0) is 17.7 Å². The first kappa shape index (κ1) is 12.5. The number of halogens is 3. The second-order valence-electron chi connectivity index (χ2n) is 3.83. The van der Waals surface area contributed by atoms with E-state index in [2.05, 4.69) is 11.4 Å². The van der Waals surface area contributed by atoms with Crippen LogP contribution in [0.5, 0.6) is 0 Å². The van der Waals surface area contributed by atoms with Gasteiger partial charge in [0, 0.05) is 18.3 Å². The van der Waals surface area contributed by atoms with Crippen LogP contribution in [0.4, 0.5) is 18.9 Å². The normalized spacial score (nSPS) is 11.3. The van der Waals surface area contributed by atoms with Gasteiger partial charge in [-0.25, -0.2) is 0 Å². The maximum Gasteiger partial charge on any atom is 0.416 e. The Kier molecular flexibility index (Phi) is 3.55. The predicted molar refractivity (Wildman–Crippen MR) is 64.0 cm³/mol. The summed E-state index contributed by atoms with van der Waals surface area (Å²) in [6.45, 7) is 0.471. The third-order valence-electron chi connectivity index (χ3n) is 2.45. The largest absolute Gasteiger partial charge is 0.416 e. The van der Waals surface area contributed by atoms with Gasteiger partial charge in [0.15, 0.2) is 0 Å². The molecule has 0 atom stereocenters. The van der Waals surface area contributed by atoms with Crippen LogP contribution in [-0.2, 0) is 12.7 Å². The quantitative estimate of drug-likeness (QED) is 0.864. The smallest absolute Gasteiger partial charge is 0.380 e. The molecule has 0 bridgehead atoms. The highest BCUT2D eigenvalue weighted by Gasteiger charge is 2.30. The van der Waals surface area contributed by atoms with Gasteiger partial charge >= 0.3 is 6.18 Å². The van der Waals surface area contributed by atoms with E-state index in [0.717, 1.165) is 17.7 Å². The average Bonchev–Trinajstić information content (AvgIpc) is 2.37. The molecule has 93 valence electrons. The molecule has 0 aromatic heterocycles. The van der Waals surface area contributed by atoms with Crippen LogP contribution >= 0.6 is 0 Å². The third-order valence-corrected chi connectivity index (χ3v) is 2.45. The van der Waals surface area contributed by atoms with E-state index >= 15 is 0 Å². The van der Waals surface area contributed by atoms with Crippen LogP contribution in [0.1, 0.15) is 11.1 Å². The highest BCUT2D eigenvalue weighted by atomic mass is 19.4. The lowest BCUT2D eigenvalue weighted by Gasteiger charge is -2.10. The van der Waals surface area contributed by atoms with Crippen molar-refractivity contribution in [1.82, 2.24) is 0 Å². The Morgan fingerprint density at radius 3 is 2.44 bits per heavy atom. The molecule has 1 radical (unpaired) electrons. The maximum atomic E-state index is 12.5. The van der Waals surface area contributed by atoms with Gasteiger partial charge < -0.3 is 5.32 Å². The van der Waals surface area contributed by atoms with E-state index in [1.165, 1.54) is 6.07 Å². The second-order valence-corrected chi connectivity index (χ2v) is 3.83. The van der Waals surface area contributed by atoms with Gasteiger partial charge in [-0.1, -0.05) is 36.4 Å². The molecule has 0 saturated heterocycles. The minimum Gasteiger partial charge on any atom is -0.380 e. The molecule has 0 aliphatic carbocycles. The minimum absolute atomic E-state index is 0.341. The Balaban J connectivity index is 2.06. The summed E-state index contributed by atoms with van der Waals surface area (Å²) in [6.07, 6.45) is -4.32. The first-order chi connectivity index (χ1) is 8.55. The minimum atomic E-state index is -4.32. The van der Waals surface area contributed by atoms with Crippen LogP contribution < -0.4 is 5.32 Å². The zero-order chi connectivity index (χ0) is 13.0. The number of hydrogen-bond donors (Lipinski definition) is 1. The summed E-state index contributed by atoms with van der Waals surface area (Å²) in [4.78, 5) is 0. The predicted octanol–water partition coefficient (Wildman–Crippen LogP) is 4.12. The van der Waals surface area contributed by atoms with Gasteiger partial charge in [0.25, 0.3) is 0 Å². The fourth-order valence-electron chi connectivity index (χ4n) is 1.54.